The maximum Gasteiger partial charge on any atom is 0.0581 e. The molecule has 4 unspecified atom stereocenters. The topological polar surface area (TPSA) is 29.5 Å². The Kier molecular flexibility index (Phi) is 4.14. The molecular formula is C15H28O2. The van der Waals surface area contributed by atoms with Crippen molar-refractivity contribution >= 4 is 0 Å². The van der Waals surface area contributed by atoms with Crippen molar-refractivity contribution in [3.63, 3.8) is 0 Å². The van der Waals surface area contributed by atoms with Gasteiger partial charge in [-0.05, 0) is 49.4 Å². The number of ether oxygens (including phenoxy) is 1. The molecule has 1 saturated carbocycles. The zero-order chi connectivity index (χ0) is 12.5. The van der Waals surface area contributed by atoms with Gasteiger partial charge in [0.15, 0.2) is 0 Å². The van der Waals surface area contributed by atoms with Crippen molar-refractivity contribution in [1.82, 2.24) is 0 Å². The van der Waals surface area contributed by atoms with Crippen LogP contribution in [-0.4, -0.2) is 23.9 Å². The number of aliphatic hydroxyl groups excluding tert-OH is 1. The summed E-state index contributed by atoms with van der Waals surface area (Å²) in [6.07, 6.45) is 7.32. The van der Waals surface area contributed by atoms with E-state index in [9.17, 15) is 5.11 Å². The van der Waals surface area contributed by atoms with E-state index in [0.29, 0.717) is 17.9 Å². The summed E-state index contributed by atoms with van der Waals surface area (Å²) in [5, 5.41) is 10.3. The Balaban J connectivity index is 1.93. The normalized spacial score (nSPS) is 39.5. The second kappa shape index (κ2) is 5.27. The average molecular weight is 240 g/mol. The lowest BCUT2D eigenvalue weighted by atomic mass is 9.65. The maximum absolute atomic E-state index is 10.3. The van der Waals surface area contributed by atoms with Crippen LogP contribution in [0.4, 0.5) is 0 Å². The Bertz CT molecular complexity index is 243. The SMILES string of the molecule is CC1CCC(C(C)(C)CC2CCCO2)C(O)C1. The number of aliphatic hydroxyl groups is 1. The predicted molar refractivity (Wildman–Crippen MR) is 69.9 cm³/mol. The van der Waals surface area contributed by atoms with Crippen molar-refractivity contribution in [2.24, 2.45) is 17.3 Å². The van der Waals surface area contributed by atoms with E-state index in [4.69, 9.17) is 4.74 Å². The Morgan fingerprint density at radius 3 is 2.59 bits per heavy atom. The molecule has 1 aliphatic carbocycles. The van der Waals surface area contributed by atoms with E-state index >= 15 is 0 Å². The summed E-state index contributed by atoms with van der Waals surface area (Å²) in [4.78, 5) is 0. The van der Waals surface area contributed by atoms with Crippen molar-refractivity contribution in [3.05, 3.63) is 0 Å². The van der Waals surface area contributed by atoms with Crippen molar-refractivity contribution in [2.75, 3.05) is 6.61 Å². The molecule has 2 nitrogen and oxygen atoms in total. The third kappa shape index (κ3) is 3.23. The molecule has 4 atom stereocenters. The summed E-state index contributed by atoms with van der Waals surface area (Å²) in [6.45, 7) is 7.83. The standard InChI is InChI=1S/C15H28O2/c1-11-6-7-13(14(16)9-11)15(2,3)10-12-5-4-8-17-12/h11-14,16H,4-10H2,1-3H3. The van der Waals surface area contributed by atoms with Crippen LogP contribution < -0.4 is 0 Å². The van der Waals surface area contributed by atoms with Crippen LogP contribution in [0.15, 0.2) is 0 Å². The van der Waals surface area contributed by atoms with Gasteiger partial charge < -0.3 is 9.84 Å². The van der Waals surface area contributed by atoms with Gasteiger partial charge in [-0.1, -0.05) is 27.2 Å². The first-order chi connectivity index (χ1) is 7.99. The number of rotatable bonds is 3. The van der Waals surface area contributed by atoms with E-state index in [1.54, 1.807) is 0 Å². The highest BCUT2D eigenvalue weighted by Crippen LogP contribution is 2.44. The molecule has 2 aliphatic rings. The molecular weight excluding hydrogens is 212 g/mol. The Labute approximate surface area is 106 Å². The highest BCUT2D eigenvalue weighted by molar-refractivity contribution is 4.90. The molecule has 2 rings (SSSR count). The molecule has 1 N–H and O–H groups in total. The third-order valence-electron chi connectivity index (χ3n) is 4.86. The van der Waals surface area contributed by atoms with Crippen molar-refractivity contribution in [2.45, 2.75) is 71.5 Å². The van der Waals surface area contributed by atoms with Gasteiger partial charge in [-0.3, -0.25) is 0 Å². The van der Waals surface area contributed by atoms with Crippen molar-refractivity contribution in [3.8, 4) is 0 Å². The summed E-state index contributed by atoms with van der Waals surface area (Å²) in [5.41, 5.74) is 0.217. The van der Waals surface area contributed by atoms with Gasteiger partial charge in [0.2, 0.25) is 0 Å². The molecule has 0 spiro atoms. The average Bonchev–Trinajstić information content (AvgIpc) is 2.68. The minimum atomic E-state index is -0.102. The van der Waals surface area contributed by atoms with Gasteiger partial charge in [0.05, 0.1) is 12.2 Å². The molecule has 0 radical (unpaired) electrons. The molecule has 0 amide bonds. The highest BCUT2D eigenvalue weighted by Gasteiger charge is 2.39. The molecule has 2 fully saturated rings. The molecule has 100 valence electrons. The zero-order valence-electron chi connectivity index (χ0n) is 11.6. The van der Waals surface area contributed by atoms with Gasteiger partial charge in [0, 0.05) is 6.61 Å². The van der Waals surface area contributed by atoms with Crippen molar-refractivity contribution in [1.29, 1.82) is 0 Å². The molecule has 17 heavy (non-hydrogen) atoms. The highest BCUT2D eigenvalue weighted by atomic mass is 16.5. The minimum absolute atomic E-state index is 0.102. The first kappa shape index (κ1) is 13.4. The zero-order valence-corrected chi connectivity index (χ0v) is 11.6. The molecule has 1 aliphatic heterocycles. The van der Waals surface area contributed by atoms with E-state index in [1.165, 1.54) is 25.7 Å². The maximum atomic E-state index is 10.3. The third-order valence-corrected chi connectivity index (χ3v) is 4.86. The predicted octanol–water partition coefficient (Wildman–Crippen LogP) is 3.38. The fraction of sp³-hybridized carbons (Fsp3) is 1.00. The van der Waals surface area contributed by atoms with Crippen molar-refractivity contribution < 1.29 is 9.84 Å². The Morgan fingerprint density at radius 2 is 2.00 bits per heavy atom. The van der Waals surface area contributed by atoms with Crippen LogP contribution in [-0.2, 0) is 4.74 Å². The van der Waals surface area contributed by atoms with E-state index < -0.39 is 0 Å². The molecule has 0 aromatic carbocycles. The van der Waals surface area contributed by atoms with Crippen LogP contribution in [0.2, 0.25) is 0 Å². The second-order valence-corrected chi connectivity index (χ2v) is 6.92. The summed E-state index contributed by atoms with van der Waals surface area (Å²) in [7, 11) is 0. The van der Waals surface area contributed by atoms with Crippen LogP contribution in [0.3, 0.4) is 0 Å². The number of hydrogen-bond donors (Lipinski definition) is 1. The van der Waals surface area contributed by atoms with E-state index in [-0.39, 0.29) is 11.5 Å². The quantitative estimate of drug-likeness (QED) is 0.819. The van der Waals surface area contributed by atoms with E-state index in [1.807, 2.05) is 0 Å². The summed E-state index contributed by atoms with van der Waals surface area (Å²) in [5.74, 6) is 1.16. The first-order valence-electron chi connectivity index (χ1n) is 7.28. The second-order valence-electron chi connectivity index (χ2n) is 6.92. The van der Waals surface area contributed by atoms with Gasteiger partial charge in [0.1, 0.15) is 0 Å². The summed E-state index contributed by atoms with van der Waals surface area (Å²) in [6, 6.07) is 0. The molecule has 0 aromatic heterocycles. The fourth-order valence-corrected chi connectivity index (χ4v) is 3.81. The Morgan fingerprint density at radius 1 is 1.24 bits per heavy atom. The monoisotopic (exact) mass is 240 g/mol. The Hall–Kier alpha value is -0.0800. The lowest BCUT2D eigenvalue weighted by molar-refractivity contribution is -0.0360. The molecule has 0 bridgehead atoms. The lowest BCUT2D eigenvalue weighted by Crippen LogP contribution is -2.40. The van der Waals surface area contributed by atoms with Gasteiger partial charge >= 0.3 is 0 Å². The molecule has 1 saturated heterocycles. The summed E-state index contributed by atoms with van der Waals surface area (Å²) >= 11 is 0. The van der Waals surface area contributed by atoms with Gasteiger partial charge in [-0.2, -0.15) is 0 Å². The van der Waals surface area contributed by atoms with Crippen LogP contribution in [0.5, 0.6) is 0 Å². The number of hydrogen-bond acceptors (Lipinski definition) is 2. The van der Waals surface area contributed by atoms with Crippen LogP contribution in [0, 0.1) is 17.3 Å². The van der Waals surface area contributed by atoms with Gasteiger partial charge in [0.25, 0.3) is 0 Å². The van der Waals surface area contributed by atoms with Gasteiger partial charge in [-0.25, -0.2) is 0 Å². The summed E-state index contributed by atoms with van der Waals surface area (Å²) < 4.78 is 5.75. The largest absolute Gasteiger partial charge is 0.393 e. The molecule has 1 heterocycles. The lowest BCUT2D eigenvalue weighted by Gasteiger charge is -2.43. The van der Waals surface area contributed by atoms with E-state index in [0.717, 1.165) is 19.4 Å². The minimum Gasteiger partial charge on any atom is -0.393 e. The van der Waals surface area contributed by atoms with Crippen LogP contribution in [0.1, 0.15) is 59.3 Å². The van der Waals surface area contributed by atoms with Crippen LogP contribution >= 0.6 is 0 Å². The smallest absolute Gasteiger partial charge is 0.0581 e. The van der Waals surface area contributed by atoms with Gasteiger partial charge in [-0.15, -0.1) is 0 Å². The first-order valence-corrected chi connectivity index (χ1v) is 7.28. The fourth-order valence-electron chi connectivity index (χ4n) is 3.81. The molecule has 2 heteroatoms. The van der Waals surface area contributed by atoms with E-state index in [2.05, 4.69) is 20.8 Å². The molecule has 0 aromatic rings. The van der Waals surface area contributed by atoms with Crippen LogP contribution in [0.25, 0.3) is 0 Å².